The van der Waals surface area contributed by atoms with E-state index in [1.807, 2.05) is 0 Å². The maximum Gasteiger partial charge on any atom is 0.344 e. The second-order valence-electron chi connectivity index (χ2n) is 6.15. The minimum atomic E-state index is -0.474. The van der Waals surface area contributed by atoms with Gasteiger partial charge in [0.25, 0.3) is 0 Å². The molecule has 158 valence electrons. The van der Waals surface area contributed by atoms with E-state index in [9.17, 15) is 9.59 Å². The Balaban J connectivity index is 1.84. The fourth-order valence-corrected chi connectivity index (χ4v) is 2.94. The van der Waals surface area contributed by atoms with Gasteiger partial charge >= 0.3 is 5.97 Å². The van der Waals surface area contributed by atoms with Gasteiger partial charge in [0.2, 0.25) is 11.5 Å². The molecule has 2 aromatic carbocycles. The van der Waals surface area contributed by atoms with Gasteiger partial charge in [-0.1, -0.05) is 0 Å². The van der Waals surface area contributed by atoms with Crippen LogP contribution in [0.15, 0.2) is 36.1 Å². The molecule has 1 heterocycles. The molecular formula is C22H22O8. The summed E-state index contributed by atoms with van der Waals surface area (Å²) in [6, 6.07) is 8.17. The highest BCUT2D eigenvalue weighted by Gasteiger charge is 2.28. The zero-order chi connectivity index (χ0) is 21.7. The fraction of sp³-hybridized carbons (Fsp3) is 0.273. The van der Waals surface area contributed by atoms with E-state index in [-0.39, 0.29) is 24.8 Å². The second-order valence-corrected chi connectivity index (χ2v) is 6.15. The van der Waals surface area contributed by atoms with Gasteiger partial charge in [-0.05, 0) is 42.8 Å². The number of hydrogen-bond donors (Lipinski definition) is 0. The van der Waals surface area contributed by atoms with Crippen LogP contribution in [0.5, 0.6) is 28.7 Å². The number of methoxy groups -OCH3 is 3. The minimum absolute atomic E-state index is 0.141. The van der Waals surface area contributed by atoms with Gasteiger partial charge in [-0.3, -0.25) is 4.79 Å². The average molecular weight is 414 g/mol. The first-order valence-corrected chi connectivity index (χ1v) is 9.17. The van der Waals surface area contributed by atoms with E-state index in [0.29, 0.717) is 39.9 Å². The number of rotatable bonds is 8. The molecule has 2 aromatic rings. The molecule has 0 radical (unpaired) electrons. The molecule has 0 saturated heterocycles. The predicted molar refractivity (Wildman–Crippen MR) is 108 cm³/mol. The molecule has 30 heavy (non-hydrogen) atoms. The van der Waals surface area contributed by atoms with Crippen LogP contribution in [-0.2, 0) is 9.53 Å². The summed E-state index contributed by atoms with van der Waals surface area (Å²) in [5.74, 6) is 1.51. The molecule has 0 aliphatic carbocycles. The van der Waals surface area contributed by atoms with Gasteiger partial charge in [-0.25, -0.2) is 4.79 Å². The lowest BCUT2D eigenvalue weighted by atomic mass is 10.1. The summed E-state index contributed by atoms with van der Waals surface area (Å²) in [6.45, 7) is 1.77. The van der Waals surface area contributed by atoms with Gasteiger partial charge < -0.3 is 28.4 Å². The van der Waals surface area contributed by atoms with Crippen LogP contribution in [-0.4, -0.2) is 46.3 Å². The Kier molecular flexibility index (Phi) is 6.46. The third-order valence-corrected chi connectivity index (χ3v) is 4.29. The molecule has 0 fully saturated rings. The second kappa shape index (κ2) is 9.21. The van der Waals surface area contributed by atoms with Crippen molar-refractivity contribution >= 4 is 17.8 Å². The highest BCUT2D eigenvalue weighted by atomic mass is 16.6. The highest BCUT2D eigenvalue weighted by Crippen LogP contribution is 2.40. The van der Waals surface area contributed by atoms with E-state index in [1.165, 1.54) is 21.3 Å². The standard InChI is InChI=1S/C22H22O8/c1-5-28-20(23)12-29-14-6-7-15-16(11-14)30-17(21(15)24)8-13-9-18(25-2)22(27-4)19(10-13)26-3/h6-11H,5,12H2,1-4H3/b17-8-. The number of benzene rings is 2. The van der Waals surface area contributed by atoms with Crippen LogP contribution in [0.4, 0.5) is 0 Å². The zero-order valence-electron chi connectivity index (χ0n) is 17.1. The van der Waals surface area contributed by atoms with Gasteiger partial charge in [-0.15, -0.1) is 0 Å². The van der Waals surface area contributed by atoms with Crippen molar-refractivity contribution in [3.63, 3.8) is 0 Å². The van der Waals surface area contributed by atoms with Crippen LogP contribution in [0.2, 0.25) is 0 Å². The van der Waals surface area contributed by atoms with Crippen LogP contribution in [0.3, 0.4) is 0 Å². The summed E-state index contributed by atoms with van der Waals surface area (Å²) in [5.41, 5.74) is 1.04. The van der Waals surface area contributed by atoms with Crippen LogP contribution in [0.1, 0.15) is 22.8 Å². The largest absolute Gasteiger partial charge is 0.493 e. The number of Topliss-reactive ketones (excluding diaryl/α,β-unsaturated/α-hetero) is 1. The highest BCUT2D eigenvalue weighted by molar-refractivity contribution is 6.14. The number of allylic oxidation sites excluding steroid dienone is 1. The summed E-state index contributed by atoms with van der Waals surface area (Å²) in [4.78, 5) is 24.1. The van der Waals surface area contributed by atoms with Crippen molar-refractivity contribution in [2.45, 2.75) is 6.92 Å². The van der Waals surface area contributed by atoms with Crippen LogP contribution in [0.25, 0.3) is 6.08 Å². The summed E-state index contributed by atoms with van der Waals surface area (Å²) in [6.07, 6.45) is 1.59. The van der Waals surface area contributed by atoms with Crippen LogP contribution < -0.4 is 23.7 Å². The average Bonchev–Trinajstić information content (AvgIpc) is 3.06. The summed E-state index contributed by atoms with van der Waals surface area (Å²) in [5, 5.41) is 0. The Morgan fingerprint density at radius 1 is 1.03 bits per heavy atom. The monoisotopic (exact) mass is 414 g/mol. The van der Waals surface area contributed by atoms with Crippen molar-refractivity contribution in [3.05, 3.63) is 47.2 Å². The quantitative estimate of drug-likeness (QED) is 0.480. The van der Waals surface area contributed by atoms with E-state index in [2.05, 4.69) is 0 Å². The summed E-state index contributed by atoms with van der Waals surface area (Å²) < 4.78 is 31.9. The molecule has 3 rings (SSSR count). The summed E-state index contributed by atoms with van der Waals surface area (Å²) >= 11 is 0. The number of ketones is 1. The number of carbonyl (C=O) groups is 2. The SMILES string of the molecule is CCOC(=O)COc1ccc2c(c1)O/C(=C\c1cc(OC)c(OC)c(OC)c1)C2=O. The smallest absolute Gasteiger partial charge is 0.344 e. The van der Waals surface area contributed by atoms with Crippen molar-refractivity contribution in [3.8, 4) is 28.7 Å². The number of esters is 1. The Hall–Kier alpha value is -3.68. The van der Waals surface area contributed by atoms with Gasteiger partial charge in [0, 0.05) is 6.07 Å². The van der Waals surface area contributed by atoms with E-state index in [0.717, 1.165) is 0 Å². The van der Waals surface area contributed by atoms with Crippen molar-refractivity contribution < 1.29 is 38.0 Å². The molecule has 0 spiro atoms. The first-order valence-electron chi connectivity index (χ1n) is 9.17. The molecule has 0 amide bonds. The lowest BCUT2D eigenvalue weighted by Gasteiger charge is -2.13. The van der Waals surface area contributed by atoms with E-state index in [1.54, 1.807) is 43.3 Å². The molecular weight excluding hydrogens is 392 g/mol. The van der Waals surface area contributed by atoms with Gasteiger partial charge in [0.1, 0.15) is 11.5 Å². The summed E-state index contributed by atoms with van der Waals surface area (Å²) in [7, 11) is 4.54. The predicted octanol–water partition coefficient (Wildman–Crippen LogP) is 3.27. The minimum Gasteiger partial charge on any atom is -0.493 e. The van der Waals surface area contributed by atoms with Gasteiger partial charge in [-0.2, -0.15) is 0 Å². The van der Waals surface area contributed by atoms with E-state index >= 15 is 0 Å². The molecule has 0 saturated carbocycles. The molecule has 0 N–H and O–H groups in total. The third-order valence-electron chi connectivity index (χ3n) is 4.29. The van der Waals surface area contributed by atoms with E-state index < -0.39 is 5.97 Å². The van der Waals surface area contributed by atoms with Crippen molar-refractivity contribution in [1.29, 1.82) is 0 Å². The van der Waals surface area contributed by atoms with Crippen molar-refractivity contribution in [1.82, 2.24) is 0 Å². The van der Waals surface area contributed by atoms with Crippen LogP contribution in [0, 0.1) is 0 Å². The van der Waals surface area contributed by atoms with Gasteiger partial charge in [0.15, 0.2) is 23.9 Å². The van der Waals surface area contributed by atoms with Crippen LogP contribution >= 0.6 is 0 Å². The van der Waals surface area contributed by atoms with Crippen molar-refractivity contribution in [2.75, 3.05) is 34.5 Å². The fourth-order valence-electron chi connectivity index (χ4n) is 2.94. The molecule has 0 unspecified atom stereocenters. The molecule has 0 bridgehead atoms. The molecule has 1 aliphatic heterocycles. The molecule has 8 nitrogen and oxygen atoms in total. The maximum atomic E-state index is 12.7. The zero-order valence-corrected chi connectivity index (χ0v) is 17.1. The lowest BCUT2D eigenvalue weighted by Crippen LogP contribution is -2.14. The number of hydrogen-bond acceptors (Lipinski definition) is 8. The number of ether oxygens (including phenoxy) is 6. The van der Waals surface area contributed by atoms with Crippen molar-refractivity contribution in [2.24, 2.45) is 0 Å². The Morgan fingerprint density at radius 2 is 1.73 bits per heavy atom. The first-order chi connectivity index (χ1) is 14.5. The first kappa shape index (κ1) is 21.0. The third kappa shape index (κ3) is 4.32. The number of fused-ring (bicyclic) bond motifs is 1. The normalized spacial score (nSPS) is 13.5. The molecule has 0 atom stereocenters. The lowest BCUT2D eigenvalue weighted by molar-refractivity contribution is -0.145. The number of carbonyl (C=O) groups excluding carboxylic acids is 2. The van der Waals surface area contributed by atoms with E-state index in [4.69, 9.17) is 28.4 Å². The Bertz CT molecular complexity index is 968. The topological polar surface area (TPSA) is 89.5 Å². The maximum absolute atomic E-state index is 12.7. The molecule has 1 aliphatic rings. The molecule has 0 aromatic heterocycles. The Labute approximate surface area is 173 Å². The Morgan fingerprint density at radius 3 is 2.33 bits per heavy atom. The molecule has 8 heteroatoms. The van der Waals surface area contributed by atoms with Gasteiger partial charge in [0.05, 0.1) is 33.5 Å².